The number of anilines is 1. The molecule has 0 bridgehead atoms. The van der Waals surface area contributed by atoms with Gasteiger partial charge in [0.1, 0.15) is 11.5 Å². The first kappa shape index (κ1) is 20.4. The zero-order valence-electron chi connectivity index (χ0n) is 15.7. The van der Waals surface area contributed by atoms with Gasteiger partial charge in [0.25, 0.3) is 0 Å². The molecule has 1 aliphatic rings. The summed E-state index contributed by atoms with van der Waals surface area (Å²) in [6, 6.07) is 5.30. The summed E-state index contributed by atoms with van der Waals surface area (Å²) in [4.78, 5) is 26.3. The van der Waals surface area contributed by atoms with Crippen molar-refractivity contribution in [1.29, 1.82) is 0 Å². The van der Waals surface area contributed by atoms with Gasteiger partial charge in [-0.1, -0.05) is 0 Å². The SMILES string of the molecule is COc1cc(NC(=O)CCC2CCCN(C(=O)CSC)C2)cc(OC)c1. The van der Waals surface area contributed by atoms with E-state index in [2.05, 4.69) is 5.32 Å². The highest BCUT2D eigenvalue weighted by Gasteiger charge is 2.23. The maximum atomic E-state index is 12.3. The molecule has 1 aromatic carbocycles. The third-order valence-corrected chi connectivity index (χ3v) is 5.09. The summed E-state index contributed by atoms with van der Waals surface area (Å²) in [7, 11) is 3.15. The molecule has 0 radical (unpaired) electrons. The highest BCUT2D eigenvalue weighted by Crippen LogP contribution is 2.26. The van der Waals surface area contributed by atoms with Crippen molar-refractivity contribution in [3.63, 3.8) is 0 Å². The number of hydrogen-bond acceptors (Lipinski definition) is 5. The number of rotatable bonds is 8. The zero-order chi connectivity index (χ0) is 18.9. The minimum atomic E-state index is -0.0344. The van der Waals surface area contributed by atoms with E-state index >= 15 is 0 Å². The Kier molecular flexibility index (Phi) is 8.09. The van der Waals surface area contributed by atoms with Crippen LogP contribution in [0.4, 0.5) is 5.69 Å². The van der Waals surface area contributed by atoms with Crippen molar-refractivity contribution in [3.8, 4) is 11.5 Å². The topological polar surface area (TPSA) is 67.9 Å². The number of nitrogens with zero attached hydrogens (tertiary/aromatic N) is 1. The maximum absolute atomic E-state index is 12.3. The molecule has 1 saturated heterocycles. The van der Waals surface area contributed by atoms with Crippen LogP contribution < -0.4 is 14.8 Å². The Labute approximate surface area is 159 Å². The molecule has 1 N–H and O–H groups in total. The monoisotopic (exact) mass is 380 g/mol. The lowest BCUT2D eigenvalue weighted by Gasteiger charge is -2.32. The van der Waals surface area contributed by atoms with Gasteiger partial charge in [0.15, 0.2) is 0 Å². The molecule has 0 aromatic heterocycles. The third-order valence-electron chi connectivity index (χ3n) is 4.55. The third kappa shape index (κ3) is 6.12. The summed E-state index contributed by atoms with van der Waals surface area (Å²) in [5.41, 5.74) is 0.659. The van der Waals surface area contributed by atoms with Crippen molar-refractivity contribution in [2.75, 3.05) is 44.6 Å². The predicted molar refractivity (Wildman–Crippen MR) is 105 cm³/mol. The Morgan fingerprint density at radius 2 is 1.92 bits per heavy atom. The quantitative estimate of drug-likeness (QED) is 0.751. The molecule has 1 heterocycles. The smallest absolute Gasteiger partial charge is 0.232 e. The largest absolute Gasteiger partial charge is 0.497 e. The number of hydrogen-bond donors (Lipinski definition) is 1. The van der Waals surface area contributed by atoms with Crippen LogP contribution in [-0.2, 0) is 9.59 Å². The van der Waals surface area contributed by atoms with E-state index in [0.29, 0.717) is 35.3 Å². The summed E-state index contributed by atoms with van der Waals surface area (Å²) in [6.45, 7) is 1.60. The summed E-state index contributed by atoms with van der Waals surface area (Å²) < 4.78 is 10.4. The summed E-state index contributed by atoms with van der Waals surface area (Å²) in [5.74, 6) is 2.36. The summed E-state index contributed by atoms with van der Waals surface area (Å²) in [6.07, 6.45) is 5.25. The fourth-order valence-electron chi connectivity index (χ4n) is 3.18. The van der Waals surface area contributed by atoms with Crippen LogP contribution >= 0.6 is 11.8 Å². The van der Waals surface area contributed by atoms with Crippen molar-refractivity contribution in [1.82, 2.24) is 4.90 Å². The second kappa shape index (κ2) is 10.3. The van der Waals surface area contributed by atoms with Crippen LogP contribution in [0.15, 0.2) is 18.2 Å². The van der Waals surface area contributed by atoms with Gasteiger partial charge in [-0.3, -0.25) is 9.59 Å². The van der Waals surface area contributed by atoms with E-state index in [4.69, 9.17) is 9.47 Å². The van der Waals surface area contributed by atoms with Gasteiger partial charge in [0.05, 0.1) is 20.0 Å². The van der Waals surface area contributed by atoms with E-state index in [1.165, 1.54) is 0 Å². The van der Waals surface area contributed by atoms with Crippen molar-refractivity contribution in [2.24, 2.45) is 5.92 Å². The number of piperidine rings is 1. The number of nitrogens with one attached hydrogen (secondary N) is 1. The first-order chi connectivity index (χ1) is 12.5. The average molecular weight is 381 g/mol. The molecule has 0 saturated carbocycles. The molecule has 1 aromatic rings. The lowest BCUT2D eigenvalue weighted by molar-refractivity contribution is -0.130. The molecule has 2 rings (SSSR count). The Morgan fingerprint density at radius 1 is 1.23 bits per heavy atom. The Balaban J connectivity index is 1.84. The van der Waals surface area contributed by atoms with E-state index in [1.807, 2.05) is 11.2 Å². The van der Waals surface area contributed by atoms with Gasteiger partial charge in [-0.05, 0) is 31.4 Å². The molecular weight excluding hydrogens is 352 g/mol. The van der Waals surface area contributed by atoms with Crippen LogP contribution in [0.3, 0.4) is 0 Å². The predicted octanol–water partition coefficient (Wildman–Crippen LogP) is 3.02. The average Bonchev–Trinajstić information content (AvgIpc) is 2.66. The number of ether oxygens (including phenoxy) is 2. The van der Waals surface area contributed by atoms with Crippen molar-refractivity contribution >= 4 is 29.3 Å². The first-order valence-corrected chi connectivity index (χ1v) is 10.2. The molecule has 1 aliphatic heterocycles. The molecule has 6 nitrogen and oxygen atoms in total. The number of likely N-dealkylation sites (tertiary alicyclic amines) is 1. The summed E-state index contributed by atoms with van der Waals surface area (Å²) >= 11 is 1.55. The Bertz CT molecular complexity index is 601. The van der Waals surface area contributed by atoms with Crippen LogP contribution in [0.5, 0.6) is 11.5 Å². The summed E-state index contributed by atoms with van der Waals surface area (Å²) in [5, 5.41) is 2.90. The number of methoxy groups -OCH3 is 2. The van der Waals surface area contributed by atoms with Gasteiger partial charge in [0, 0.05) is 43.4 Å². The van der Waals surface area contributed by atoms with Crippen LogP contribution in [0.25, 0.3) is 0 Å². The minimum absolute atomic E-state index is 0.0344. The van der Waals surface area contributed by atoms with Crippen molar-refractivity contribution in [3.05, 3.63) is 18.2 Å². The van der Waals surface area contributed by atoms with Gasteiger partial charge < -0.3 is 19.7 Å². The molecule has 2 amide bonds. The fourth-order valence-corrected chi connectivity index (χ4v) is 3.61. The number of carbonyl (C=O) groups is 2. The van der Waals surface area contributed by atoms with E-state index in [0.717, 1.165) is 32.4 Å². The second-order valence-corrected chi connectivity index (χ2v) is 7.34. The van der Waals surface area contributed by atoms with Gasteiger partial charge >= 0.3 is 0 Å². The Hall–Kier alpha value is -1.89. The van der Waals surface area contributed by atoms with Crippen molar-refractivity contribution < 1.29 is 19.1 Å². The van der Waals surface area contributed by atoms with Crippen molar-refractivity contribution in [2.45, 2.75) is 25.7 Å². The second-order valence-electron chi connectivity index (χ2n) is 6.47. The number of carbonyl (C=O) groups excluding carboxylic acids is 2. The van der Waals surface area contributed by atoms with Crippen LogP contribution in [0.2, 0.25) is 0 Å². The molecule has 144 valence electrons. The van der Waals surface area contributed by atoms with Gasteiger partial charge in [-0.25, -0.2) is 0 Å². The minimum Gasteiger partial charge on any atom is -0.497 e. The molecule has 1 unspecified atom stereocenters. The standard InChI is InChI=1S/C19H28N2O4S/c1-24-16-9-15(10-17(11-16)25-2)20-18(22)7-6-14-5-4-8-21(12-14)19(23)13-26-3/h9-11,14H,4-8,12-13H2,1-3H3,(H,20,22). The molecule has 0 spiro atoms. The highest BCUT2D eigenvalue weighted by molar-refractivity contribution is 7.99. The van der Waals surface area contributed by atoms with Gasteiger partial charge in [0.2, 0.25) is 11.8 Å². The molecule has 7 heteroatoms. The van der Waals surface area contributed by atoms with Crippen LogP contribution in [0, 0.1) is 5.92 Å². The first-order valence-electron chi connectivity index (χ1n) is 8.85. The van der Waals surface area contributed by atoms with Gasteiger partial charge in [-0.2, -0.15) is 11.8 Å². The number of thioether (sulfide) groups is 1. The normalized spacial score (nSPS) is 16.9. The highest BCUT2D eigenvalue weighted by atomic mass is 32.2. The molecule has 0 aliphatic carbocycles. The number of benzene rings is 1. The lowest BCUT2D eigenvalue weighted by atomic mass is 9.93. The fraction of sp³-hybridized carbons (Fsp3) is 0.579. The molecule has 26 heavy (non-hydrogen) atoms. The van der Waals surface area contributed by atoms with Crippen LogP contribution in [-0.4, -0.2) is 56.0 Å². The molecule has 1 atom stereocenters. The van der Waals surface area contributed by atoms with Crippen LogP contribution in [0.1, 0.15) is 25.7 Å². The zero-order valence-corrected chi connectivity index (χ0v) is 16.6. The Morgan fingerprint density at radius 3 is 2.54 bits per heavy atom. The van der Waals surface area contributed by atoms with E-state index < -0.39 is 0 Å². The van der Waals surface area contributed by atoms with E-state index in [1.54, 1.807) is 44.2 Å². The van der Waals surface area contributed by atoms with E-state index in [-0.39, 0.29) is 11.8 Å². The lowest BCUT2D eigenvalue weighted by Crippen LogP contribution is -2.41. The maximum Gasteiger partial charge on any atom is 0.232 e. The number of amides is 2. The van der Waals surface area contributed by atoms with Gasteiger partial charge in [-0.15, -0.1) is 0 Å². The van der Waals surface area contributed by atoms with E-state index in [9.17, 15) is 9.59 Å². The molecule has 1 fully saturated rings. The molecular formula is C19H28N2O4S.